The number of aliphatic hydroxyl groups is 2. The summed E-state index contributed by atoms with van der Waals surface area (Å²) in [6.45, 7) is 3.45. The average molecular weight is 157 g/mol. The summed E-state index contributed by atoms with van der Waals surface area (Å²) in [6, 6.07) is 0. The number of aliphatic hydroxyl groups excluding tert-OH is 2. The fraction of sp³-hybridized carbons (Fsp3) is 0.500. The van der Waals surface area contributed by atoms with Gasteiger partial charge in [-0.15, -0.1) is 0 Å². The van der Waals surface area contributed by atoms with Crippen LogP contribution in [0.2, 0.25) is 0 Å². The summed E-state index contributed by atoms with van der Waals surface area (Å²) in [4.78, 5) is 0. The molecular formula is C8H15NO2. The maximum Gasteiger partial charge on any atom is 0.136 e. The molecule has 0 aliphatic carbocycles. The van der Waals surface area contributed by atoms with E-state index < -0.39 is 6.10 Å². The molecule has 3 heteroatoms. The number of allylic oxidation sites excluding steroid dienone is 2. The third-order valence-electron chi connectivity index (χ3n) is 1.26. The normalized spacial score (nSPS) is 16.6. The third-order valence-corrected chi connectivity index (χ3v) is 1.26. The number of hydrogen-bond donors (Lipinski definition) is 3. The second-order valence-electron chi connectivity index (χ2n) is 2.33. The summed E-state index contributed by atoms with van der Waals surface area (Å²) in [6.07, 6.45) is 3.29. The zero-order chi connectivity index (χ0) is 8.85. The van der Waals surface area contributed by atoms with Crippen LogP contribution in [0.1, 0.15) is 20.3 Å². The maximum atomic E-state index is 9.13. The van der Waals surface area contributed by atoms with E-state index in [2.05, 4.69) is 0 Å². The first kappa shape index (κ1) is 10.0. The van der Waals surface area contributed by atoms with Gasteiger partial charge in [-0.3, -0.25) is 0 Å². The average Bonchev–Trinajstić information content (AvgIpc) is 1.98. The molecule has 0 amide bonds. The summed E-state index contributed by atoms with van der Waals surface area (Å²) < 4.78 is 0. The molecule has 0 aromatic carbocycles. The summed E-state index contributed by atoms with van der Waals surface area (Å²) in [5.41, 5.74) is 5.44. The first-order valence-corrected chi connectivity index (χ1v) is 3.62. The van der Waals surface area contributed by atoms with E-state index in [1.807, 2.05) is 6.92 Å². The van der Waals surface area contributed by atoms with E-state index in [0.717, 1.165) is 6.42 Å². The summed E-state index contributed by atoms with van der Waals surface area (Å²) in [5.74, 6) is -0.0538. The Morgan fingerprint density at radius 2 is 2.18 bits per heavy atom. The molecule has 1 atom stereocenters. The number of hydrogen-bond acceptors (Lipinski definition) is 3. The smallest absolute Gasteiger partial charge is 0.136 e. The van der Waals surface area contributed by atoms with Gasteiger partial charge in [-0.1, -0.05) is 13.0 Å². The highest BCUT2D eigenvalue weighted by molar-refractivity contribution is 5.18. The molecule has 64 valence electrons. The van der Waals surface area contributed by atoms with Gasteiger partial charge in [-0.05, 0) is 19.4 Å². The largest absolute Gasteiger partial charge is 0.506 e. The lowest BCUT2D eigenvalue weighted by Gasteiger charge is -2.04. The zero-order valence-corrected chi connectivity index (χ0v) is 6.91. The Labute approximate surface area is 66.8 Å². The summed E-state index contributed by atoms with van der Waals surface area (Å²) >= 11 is 0. The van der Waals surface area contributed by atoms with Crippen molar-refractivity contribution in [3.8, 4) is 0 Å². The highest BCUT2D eigenvalue weighted by Crippen LogP contribution is 2.01. The highest BCUT2D eigenvalue weighted by atomic mass is 16.3. The monoisotopic (exact) mass is 157 g/mol. The molecule has 0 saturated heterocycles. The molecule has 0 aromatic heterocycles. The second-order valence-corrected chi connectivity index (χ2v) is 2.33. The van der Waals surface area contributed by atoms with Gasteiger partial charge < -0.3 is 15.9 Å². The molecule has 0 radical (unpaired) electrons. The molecule has 0 aliphatic rings. The molecule has 0 heterocycles. The van der Waals surface area contributed by atoms with E-state index in [1.165, 1.54) is 13.0 Å². The van der Waals surface area contributed by atoms with E-state index in [0.29, 0.717) is 0 Å². The van der Waals surface area contributed by atoms with E-state index in [9.17, 15) is 0 Å². The summed E-state index contributed by atoms with van der Waals surface area (Å²) in [5, 5.41) is 18.0. The van der Waals surface area contributed by atoms with E-state index in [1.54, 1.807) is 6.08 Å². The molecule has 0 spiro atoms. The Morgan fingerprint density at radius 1 is 1.64 bits per heavy atom. The summed E-state index contributed by atoms with van der Waals surface area (Å²) in [7, 11) is 0. The fourth-order valence-electron chi connectivity index (χ4n) is 0.540. The van der Waals surface area contributed by atoms with Crippen molar-refractivity contribution in [2.45, 2.75) is 26.4 Å². The van der Waals surface area contributed by atoms with Crippen molar-refractivity contribution in [2.75, 3.05) is 0 Å². The van der Waals surface area contributed by atoms with Crippen molar-refractivity contribution in [1.29, 1.82) is 0 Å². The molecule has 0 rings (SSSR count). The highest BCUT2D eigenvalue weighted by Gasteiger charge is 2.03. The molecule has 0 aliphatic heterocycles. The maximum absolute atomic E-state index is 9.13. The van der Waals surface area contributed by atoms with E-state index >= 15 is 0 Å². The van der Waals surface area contributed by atoms with Crippen LogP contribution in [0.15, 0.2) is 23.6 Å². The van der Waals surface area contributed by atoms with Gasteiger partial charge in [0.05, 0.1) is 11.8 Å². The minimum atomic E-state index is -0.795. The van der Waals surface area contributed by atoms with E-state index in [-0.39, 0.29) is 11.5 Å². The Balaban J connectivity index is 4.27. The molecule has 0 fully saturated rings. The lowest BCUT2D eigenvalue weighted by Crippen LogP contribution is -2.15. The fourth-order valence-corrected chi connectivity index (χ4v) is 0.540. The first-order chi connectivity index (χ1) is 5.09. The van der Waals surface area contributed by atoms with Crippen LogP contribution >= 0.6 is 0 Å². The lowest BCUT2D eigenvalue weighted by molar-refractivity contribution is 0.222. The topological polar surface area (TPSA) is 66.5 Å². The van der Waals surface area contributed by atoms with Crippen LogP contribution in [0.4, 0.5) is 0 Å². The van der Waals surface area contributed by atoms with Crippen molar-refractivity contribution < 1.29 is 10.2 Å². The predicted molar refractivity (Wildman–Crippen MR) is 45.0 cm³/mol. The minimum absolute atomic E-state index is 0.0538. The van der Waals surface area contributed by atoms with Crippen LogP contribution in [0, 0.1) is 0 Å². The lowest BCUT2D eigenvalue weighted by atomic mass is 10.2. The van der Waals surface area contributed by atoms with Crippen molar-refractivity contribution >= 4 is 0 Å². The molecule has 0 bridgehead atoms. The van der Waals surface area contributed by atoms with Crippen LogP contribution < -0.4 is 5.73 Å². The molecule has 3 nitrogen and oxygen atoms in total. The number of rotatable bonds is 3. The molecule has 4 N–H and O–H groups in total. The van der Waals surface area contributed by atoms with Gasteiger partial charge in [0.15, 0.2) is 0 Å². The SMILES string of the molecule is CC/C=C\C(O)=C(N)C(C)O. The van der Waals surface area contributed by atoms with Crippen molar-refractivity contribution in [1.82, 2.24) is 0 Å². The van der Waals surface area contributed by atoms with Crippen LogP contribution in [0.5, 0.6) is 0 Å². The standard InChI is InChI=1S/C8H15NO2/c1-3-4-5-7(11)8(9)6(2)10/h4-6,10-11H,3,9H2,1-2H3/b5-4-,8-7?. The zero-order valence-electron chi connectivity index (χ0n) is 6.91. The van der Waals surface area contributed by atoms with E-state index in [4.69, 9.17) is 15.9 Å². The third kappa shape index (κ3) is 3.68. The van der Waals surface area contributed by atoms with Crippen LogP contribution in [-0.2, 0) is 0 Å². The van der Waals surface area contributed by atoms with Gasteiger partial charge in [0, 0.05) is 0 Å². The molecule has 1 unspecified atom stereocenters. The minimum Gasteiger partial charge on any atom is -0.506 e. The van der Waals surface area contributed by atoms with Crippen LogP contribution in [-0.4, -0.2) is 16.3 Å². The van der Waals surface area contributed by atoms with Crippen molar-refractivity contribution in [3.05, 3.63) is 23.6 Å². The Bertz CT molecular complexity index is 171. The quantitative estimate of drug-likeness (QED) is 0.424. The van der Waals surface area contributed by atoms with Gasteiger partial charge in [0.2, 0.25) is 0 Å². The Hall–Kier alpha value is -0.960. The molecule has 0 aromatic rings. The van der Waals surface area contributed by atoms with Gasteiger partial charge in [-0.2, -0.15) is 0 Å². The van der Waals surface area contributed by atoms with Crippen molar-refractivity contribution in [2.24, 2.45) is 5.73 Å². The molecule has 0 saturated carbocycles. The predicted octanol–water partition coefficient (Wildman–Crippen LogP) is 1.06. The molecular weight excluding hydrogens is 142 g/mol. The number of nitrogens with two attached hydrogens (primary N) is 1. The first-order valence-electron chi connectivity index (χ1n) is 3.62. The van der Waals surface area contributed by atoms with Gasteiger partial charge in [0.1, 0.15) is 5.76 Å². The van der Waals surface area contributed by atoms with Gasteiger partial charge >= 0.3 is 0 Å². The Kier molecular flexibility index (Phi) is 4.38. The molecule has 11 heavy (non-hydrogen) atoms. The van der Waals surface area contributed by atoms with Crippen LogP contribution in [0.25, 0.3) is 0 Å². The second kappa shape index (κ2) is 4.79. The Morgan fingerprint density at radius 3 is 2.55 bits per heavy atom. The van der Waals surface area contributed by atoms with Crippen molar-refractivity contribution in [3.63, 3.8) is 0 Å². The van der Waals surface area contributed by atoms with Gasteiger partial charge in [-0.25, -0.2) is 0 Å². The van der Waals surface area contributed by atoms with Gasteiger partial charge in [0.25, 0.3) is 0 Å². The van der Waals surface area contributed by atoms with Crippen LogP contribution in [0.3, 0.4) is 0 Å².